The van der Waals surface area contributed by atoms with Crippen LogP contribution in [0.3, 0.4) is 0 Å². The molecule has 1 aromatic heterocycles. The lowest BCUT2D eigenvalue weighted by atomic mass is 9.71. The minimum atomic E-state index is -2.92. The number of aryl methyl sites for hydroxylation is 1. The number of amides is 1. The first-order valence-corrected chi connectivity index (χ1v) is 10.3. The van der Waals surface area contributed by atoms with E-state index in [0.717, 1.165) is 17.0 Å². The lowest BCUT2D eigenvalue weighted by molar-refractivity contribution is -0.170. The molecular weight excluding hydrogens is 388 g/mol. The molecule has 1 aromatic carbocycles. The maximum atomic E-state index is 14.8. The number of aromatic hydroxyl groups is 1. The van der Waals surface area contributed by atoms with Gasteiger partial charge in [-0.2, -0.15) is 0 Å². The van der Waals surface area contributed by atoms with Crippen LogP contribution in [0, 0.1) is 12.3 Å². The van der Waals surface area contributed by atoms with Crippen molar-refractivity contribution in [1.82, 2.24) is 14.8 Å². The Balaban J connectivity index is 1.54. The van der Waals surface area contributed by atoms with Crippen molar-refractivity contribution in [3.8, 4) is 5.75 Å². The number of hydrogen-bond acceptors (Lipinski definition) is 4. The number of halogens is 2. The van der Waals surface area contributed by atoms with Crippen molar-refractivity contribution < 1.29 is 18.7 Å². The van der Waals surface area contributed by atoms with E-state index in [2.05, 4.69) is 4.98 Å². The first kappa shape index (κ1) is 20.7. The summed E-state index contributed by atoms with van der Waals surface area (Å²) in [6.07, 6.45) is 0.786. The van der Waals surface area contributed by atoms with E-state index in [1.54, 1.807) is 34.1 Å². The van der Waals surface area contributed by atoms with Crippen LogP contribution in [0.25, 0.3) is 0 Å². The molecule has 7 heteroatoms. The number of alkyl halides is 2. The highest BCUT2D eigenvalue weighted by Gasteiger charge is 2.55. The molecule has 30 heavy (non-hydrogen) atoms. The molecule has 4 rings (SSSR count). The van der Waals surface area contributed by atoms with E-state index in [0.29, 0.717) is 39.0 Å². The van der Waals surface area contributed by atoms with Crippen molar-refractivity contribution in [2.24, 2.45) is 5.41 Å². The monoisotopic (exact) mass is 415 g/mol. The first-order valence-electron chi connectivity index (χ1n) is 10.3. The summed E-state index contributed by atoms with van der Waals surface area (Å²) in [5.41, 5.74) is 1.42. The van der Waals surface area contributed by atoms with Crippen LogP contribution in [0.5, 0.6) is 5.75 Å². The third-order valence-corrected chi connectivity index (χ3v) is 6.04. The second-order valence-electron chi connectivity index (χ2n) is 8.73. The number of benzene rings is 1. The van der Waals surface area contributed by atoms with Crippen molar-refractivity contribution in [2.75, 3.05) is 19.6 Å². The van der Waals surface area contributed by atoms with E-state index in [4.69, 9.17) is 0 Å². The van der Waals surface area contributed by atoms with Crippen LogP contribution in [0.2, 0.25) is 0 Å². The lowest BCUT2D eigenvalue weighted by Crippen LogP contribution is -2.60. The van der Waals surface area contributed by atoms with Gasteiger partial charge in [0.2, 0.25) is 5.91 Å². The normalized spacial score (nSPS) is 24.4. The van der Waals surface area contributed by atoms with Crippen molar-refractivity contribution in [3.63, 3.8) is 0 Å². The lowest BCUT2D eigenvalue weighted by Gasteiger charge is -2.49. The summed E-state index contributed by atoms with van der Waals surface area (Å²) in [5.74, 6) is -2.97. The van der Waals surface area contributed by atoms with E-state index >= 15 is 0 Å². The first-order chi connectivity index (χ1) is 14.2. The number of pyridine rings is 1. The molecule has 2 aliphatic heterocycles. The number of likely N-dealkylation sites (tertiary alicyclic amines) is 2. The molecule has 1 spiro atoms. The number of phenols is 1. The fraction of sp³-hybridized carbons (Fsp3) is 0.478. The van der Waals surface area contributed by atoms with Crippen LogP contribution >= 0.6 is 0 Å². The molecule has 1 amide bonds. The Labute approximate surface area is 175 Å². The molecule has 2 fully saturated rings. The summed E-state index contributed by atoms with van der Waals surface area (Å²) in [5, 5.41) is 9.46. The Kier molecular flexibility index (Phi) is 5.49. The maximum Gasteiger partial charge on any atom is 0.261 e. The van der Waals surface area contributed by atoms with Gasteiger partial charge in [0.15, 0.2) is 0 Å². The Morgan fingerprint density at radius 1 is 1.10 bits per heavy atom. The molecule has 3 heterocycles. The van der Waals surface area contributed by atoms with Crippen LogP contribution in [0.4, 0.5) is 8.78 Å². The van der Waals surface area contributed by atoms with E-state index < -0.39 is 17.8 Å². The van der Waals surface area contributed by atoms with Crippen LogP contribution in [0.1, 0.15) is 36.2 Å². The van der Waals surface area contributed by atoms with Gasteiger partial charge in [-0.15, -0.1) is 0 Å². The number of piperidine rings is 2. The smallest absolute Gasteiger partial charge is 0.261 e. The van der Waals surface area contributed by atoms with Crippen molar-refractivity contribution >= 4 is 5.91 Å². The van der Waals surface area contributed by atoms with E-state index in [1.807, 2.05) is 25.1 Å². The molecule has 2 saturated heterocycles. The van der Waals surface area contributed by atoms with Gasteiger partial charge in [0.25, 0.3) is 5.92 Å². The number of rotatable bonds is 4. The molecule has 2 aromatic rings. The summed E-state index contributed by atoms with van der Waals surface area (Å²) in [6.45, 7) is 3.10. The molecule has 160 valence electrons. The van der Waals surface area contributed by atoms with Crippen LogP contribution in [-0.4, -0.2) is 51.4 Å². The van der Waals surface area contributed by atoms with E-state index in [9.17, 15) is 18.7 Å². The minimum Gasteiger partial charge on any atom is -0.508 e. The average molecular weight is 415 g/mol. The number of nitrogens with zero attached hydrogens (tertiary/aromatic N) is 3. The Morgan fingerprint density at radius 2 is 1.87 bits per heavy atom. The summed E-state index contributed by atoms with van der Waals surface area (Å²) in [7, 11) is 0. The van der Waals surface area contributed by atoms with Gasteiger partial charge in [-0.05, 0) is 49.6 Å². The fourth-order valence-electron chi connectivity index (χ4n) is 4.89. The summed E-state index contributed by atoms with van der Waals surface area (Å²) < 4.78 is 29.5. The average Bonchev–Trinajstić information content (AvgIpc) is 2.66. The van der Waals surface area contributed by atoms with Crippen molar-refractivity contribution in [2.45, 2.75) is 45.2 Å². The van der Waals surface area contributed by atoms with E-state index in [1.165, 1.54) is 0 Å². The van der Waals surface area contributed by atoms with Gasteiger partial charge in [-0.25, -0.2) is 8.78 Å². The van der Waals surface area contributed by atoms with Gasteiger partial charge in [-0.3, -0.25) is 14.7 Å². The quantitative estimate of drug-likeness (QED) is 0.827. The van der Waals surface area contributed by atoms with Gasteiger partial charge in [0, 0.05) is 31.7 Å². The molecule has 5 nitrogen and oxygen atoms in total. The van der Waals surface area contributed by atoms with Crippen molar-refractivity contribution in [3.05, 3.63) is 59.4 Å². The zero-order valence-corrected chi connectivity index (χ0v) is 17.2. The third kappa shape index (κ3) is 4.46. The SMILES string of the molecule is Cc1cccc(CN2CCC[C@@]3(CN(Cc4ccc(O)cc4)CC(F)(F)C3)C2=O)n1. The van der Waals surface area contributed by atoms with Gasteiger partial charge >= 0.3 is 0 Å². The summed E-state index contributed by atoms with van der Waals surface area (Å²) in [6, 6.07) is 12.2. The van der Waals surface area contributed by atoms with Crippen LogP contribution < -0.4 is 0 Å². The highest BCUT2D eigenvalue weighted by molar-refractivity contribution is 5.84. The van der Waals surface area contributed by atoms with Gasteiger partial charge < -0.3 is 10.0 Å². The molecule has 1 atom stereocenters. The zero-order chi connectivity index (χ0) is 21.4. The number of carbonyl (C=O) groups excluding carboxylic acids is 1. The molecule has 0 bridgehead atoms. The van der Waals surface area contributed by atoms with E-state index in [-0.39, 0.29) is 18.2 Å². The predicted octanol–water partition coefficient (Wildman–Crippen LogP) is 3.75. The highest BCUT2D eigenvalue weighted by Crippen LogP contribution is 2.45. The fourth-order valence-corrected chi connectivity index (χ4v) is 4.89. The standard InChI is InChI=1S/C23H27F2N3O2/c1-17-4-2-5-19(26-17)13-28-11-3-10-22(21(28)30)14-23(24,25)16-27(15-22)12-18-6-8-20(29)9-7-18/h2,4-9,29H,3,10-16H2,1H3/t22-/m1/s1. The highest BCUT2D eigenvalue weighted by atomic mass is 19.3. The van der Waals surface area contributed by atoms with Gasteiger partial charge in [0.1, 0.15) is 5.75 Å². The second-order valence-corrected chi connectivity index (χ2v) is 8.73. The van der Waals surface area contributed by atoms with Crippen molar-refractivity contribution in [1.29, 1.82) is 0 Å². The predicted molar refractivity (Wildman–Crippen MR) is 109 cm³/mol. The zero-order valence-electron chi connectivity index (χ0n) is 17.2. The molecule has 0 unspecified atom stereocenters. The molecular formula is C23H27F2N3O2. The Morgan fingerprint density at radius 3 is 2.60 bits per heavy atom. The molecule has 0 radical (unpaired) electrons. The summed E-state index contributed by atoms with van der Waals surface area (Å²) >= 11 is 0. The molecule has 0 aliphatic carbocycles. The van der Waals surface area contributed by atoms with Crippen LogP contribution in [-0.2, 0) is 17.9 Å². The third-order valence-electron chi connectivity index (χ3n) is 6.04. The molecule has 1 N–H and O–H groups in total. The van der Waals surface area contributed by atoms with Gasteiger partial charge in [0.05, 0.1) is 24.2 Å². The number of aromatic nitrogens is 1. The number of carbonyl (C=O) groups is 1. The van der Waals surface area contributed by atoms with Gasteiger partial charge in [-0.1, -0.05) is 18.2 Å². The molecule has 0 saturated carbocycles. The second kappa shape index (κ2) is 7.95. The number of hydrogen-bond donors (Lipinski definition) is 1. The Bertz CT molecular complexity index is 919. The number of phenolic OH excluding ortho intramolecular Hbond substituents is 1. The minimum absolute atomic E-state index is 0.141. The summed E-state index contributed by atoms with van der Waals surface area (Å²) in [4.78, 5) is 21.3. The topological polar surface area (TPSA) is 56.7 Å². The molecule has 2 aliphatic rings. The maximum absolute atomic E-state index is 14.8. The Hall–Kier alpha value is -2.54. The van der Waals surface area contributed by atoms with Crippen LogP contribution in [0.15, 0.2) is 42.5 Å². The largest absolute Gasteiger partial charge is 0.508 e.